The van der Waals surface area contributed by atoms with Crippen LogP contribution in [-0.2, 0) is 0 Å². The fourth-order valence-electron chi connectivity index (χ4n) is 4.05. The molecule has 0 radical (unpaired) electrons. The molecule has 2 unspecified atom stereocenters. The van der Waals surface area contributed by atoms with Crippen molar-refractivity contribution >= 4 is 0 Å². The van der Waals surface area contributed by atoms with E-state index in [0.29, 0.717) is 11.8 Å². The van der Waals surface area contributed by atoms with Gasteiger partial charge in [0.05, 0.1) is 0 Å². The van der Waals surface area contributed by atoms with E-state index < -0.39 is 0 Å². The third-order valence-corrected chi connectivity index (χ3v) is 5.94. The van der Waals surface area contributed by atoms with Crippen LogP contribution in [0.15, 0.2) is 44.6 Å². The highest BCUT2D eigenvalue weighted by Crippen LogP contribution is 2.52. The number of hydrogen-bond donors (Lipinski definition) is 0. The maximum absolute atomic E-state index is 2.39. The summed E-state index contributed by atoms with van der Waals surface area (Å²) in [7, 11) is 0. The molecule has 0 N–H and O–H groups in total. The number of hydrogen-bond acceptors (Lipinski definition) is 0. The summed E-state index contributed by atoms with van der Waals surface area (Å²) in [5, 5.41) is 0. The summed E-state index contributed by atoms with van der Waals surface area (Å²) >= 11 is 0. The topological polar surface area (TPSA) is 0 Å². The van der Waals surface area contributed by atoms with E-state index in [1.54, 1.807) is 44.6 Å². The molecule has 0 nitrogen and oxygen atoms in total. The lowest BCUT2D eigenvalue weighted by Gasteiger charge is -2.24. The van der Waals surface area contributed by atoms with Crippen LogP contribution in [0.4, 0.5) is 0 Å². The first kappa shape index (κ1) is 12.0. The van der Waals surface area contributed by atoms with Crippen LogP contribution in [0.25, 0.3) is 0 Å². The highest BCUT2D eigenvalue weighted by Gasteiger charge is 2.36. The van der Waals surface area contributed by atoms with Gasteiger partial charge in [0.25, 0.3) is 0 Å². The van der Waals surface area contributed by atoms with Crippen LogP contribution >= 0.6 is 0 Å². The van der Waals surface area contributed by atoms with Crippen molar-refractivity contribution in [2.45, 2.75) is 54.4 Å². The summed E-state index contributed by atoms with van der Waals surface area (Å²) in [5.74, 6) is 1.37. The van der Waals surface area contributed by atoms with Crippen molar-refractivity contribution in [1.82, 2.24) is 0 Å². The quantitative estimate of drug-likeness (QED) is 0.535. The fraction of sp³-hybridized carbons (Fsp3) is 0.556. The molecule has 96 valence electrons. The molecule has 3 rings (SSSR count). The first-order valence-electron chi connectivity index (χ1n) is 7.22. The van der Waals surface area contributed by atoms with Gasteiger partial charge in [0, 0.05) is 0 Å². The number of rotatable bonds is 0. The van der Waals surface area contributed by atoms with E-state index in [1.165, 1.54) is 12.8 Å². The Bertz CT molecular complexity index is 511. The zero-order valence-corrected chi connectivity index (χ0v) is 12.6. The third kappa shape index (κ3) is 1.32. The van der Waals surface area contributed by atoms with E-state index in [2.05, 4.69) is 41.5 Å². The van der Waals surface area contributed by atoms with Crippen molar-refractivity contribution in [3.05, 3.63) is 44.6 Å². The lowest BCUT2D eigenvalue weighted by Crippen LogP contribution is -2.08. The molecular formula is C18H24. The van der Waals surface area contributed by atoms with Crippen LogP contribution in [0.1, 0.15) is 54.4 Å². The Morgan fingerprint density at radius 1 is 0.667 bits per heavy atom. The van der Waals surface area contributed by atoms with E-state index in [1.807, 2.05) is 0 Å². The van der Waals surface area contributed by atoms with Gasteiger partial charge in [-0.15, -0.1) is 0 Å². The Balaban J connectivity index is 2.03. The van der Waals surface area contributed by atoms with Gasteiger partial charge in [0.2, 0.25) is 0 Å². The van der Waals surface area contributed by atoms with Crippen LogP contribution in [-0.4, -0.2) is 0 Å². The second-order valence-corrected chi connectivity index (χ2v) is 6.42. The molecule has 3 aliphatic rings. The van der Waals surface area contributed by atoms with Crippen molar-refractivity contribution in [3.8, 4) is 0 Å². The van der Waals surface area contributed by atoms with Crippen molar-refractivity contribution in [1.29, 1.82) is 0 Å². The molecule has 2 atom stereocenters. The van der Waals surface area contributed by atoms with Crippen LogP contribution in [0.5, 0.6) is 0 Å². The molecule has 0 fully saturated rings. The Labute approximate surface area is 111 Å². The van der Waals surface area contributed by atoms with Crippen molar-refractivity contribution in [2.75, 3.05) is 0 Å². The van der Waals surface area contributed by atoms with Crippen molar-refractivity contribution in [3.63, 3.8) is 0 Å². The Kier molecular flexibility index (Phi) is 2.49. The van der Waals surface area contributed by atoms with Crippen LogP contribution < -0.4 is 0 Å². The standard InChI is InChI=1S/C18H24/c1-9-11(3)15-7-17-13(5)10(2)14(6)18(17)8-16(15)12(9)4/h11,13H,7-8H2,1-6H3. The minimum absolute atomic E-state index is 0.683. The summed E-state index contributed by atoms with van der Waals surface area (Å²) in [4.78, 5) is 0. The summed E-state index contributed by atoms with van der Waals surface area (Å²) < 4.78 is 0. The predicted molar refractivity (Wildman–Crippen MR) is 78.4 cm³/mol. The van der Waals surface area contributed by atoms with Crippen molar-refractivity contribution < 1.29 is 0 Å². The lowest BCUT2D eigenvalue weighted by molar-refractivity contribution is 0.712. The summed E-state index contributed by atoms with van der Waals surface area (Å²) in [6, 6.07) is 0. The van der Waals surface area contributed by atoms with Crippen LogP contribution in [0.2, 0.25) is 0 Å². The van der Waals surface area contributed by atoms with Gasteiger partial charge in [-0.25, -0.2) is 0 Å². The highest BCUT2D eigenvalue weighted by molar-refractivity contribution is 5.60. The van der Waals surface area contributed by atoms with Gasteiger partial charge in [0.15, 0.2) is 0 Å². The van der Waals surface area contributed by atoms with Gasteiger partial charge in [-0.1, -0.05) is 36.1 Å². The zero-order chi connectivity index (χ0) is 13.2. The van der Waals surface area contributed by atoms with Gasteiger partial charge >= 0.3 is 0 Å². The third-order valence-electron chi connectivity index (χ3n) is 5.94. The molecule has 0 aromatic carbocycles. The molecule has 18 heavy (non-hydrogen) atoms. The molecule has 0 aromatic rings. The molecule has 0 aliphatic heterocycles. The maximum atomic E-state index is 2.39. The first-order chi connectivity index (χ1) is 8.43. The Morgan fingerprint density at radius 2 is 1.06 bits per heavy atom. The summed E-state index contributed by atoms with van der Waals surface area (Å²) in [5.41, 5.74) is 13.1. The van der Waals surface area contributed by atoms with Crippen LogP contribution in [0.3, 0.4) is 0 Å². The van der Waals surface area contributed by atoms with Gasteiger partial charge in [-0.2, -0.15) is 0 Å². The fourth-order valence-corrected chi connectivity index (χ4v) is 4.05. The van der Waals surface area contributed by atoms with Crippen LogP contribution in [0, 0.1) is 11.8 Å². The molecule has 0 amide bonds. The predicted octanol–water partition coefficient (Wildman–Crippen LogP) is 5.35. The van der Waals surface area contributed by atoms with E-state index in [-0.39, 0.29) is 0 Å². The largest absolute Gasteiger partial charge is 0.0632 e. The van der Waals surface area contributed by atoms with Gasteiger partial charge in [-0.05, 0) is 74.7 Å². The maximum Gasteiger partial charge on any atom is -0.000911 e. The highest BCUT2D eigenvalue weighted by atomic mass is 14.4. The van der Waals surface area contributed by atoms with Gasteiger partial charge < -0.3 is 0 Å². The lowest BCUT2D eigenvalue weighted by atomic mass is 9.80. The van der Waals surface area contributed by atoms with Crippen molar-refractivity contribution in [2.24, 2.45) is 11.8 Å². The molecule has 3 aliphatic carbocycles. The van der Waals surface area contributed by atoms with Gasteiger partial charge in [-0.3, -0.25) is 0 Å². The Morgan fingerprint density at radius 3 is 1.44 bits per heavy atom. The second kappa shape index (κ2) is 3.73. The molecule has 0 aromatic heterocycles. The summed E-state index contributed by atoms with van der Waals surface area (Å²) in [6.07, 6.45) is 2.43. The van der Waals surface area contributed by atoms with Gasteiger partial charge in [0.1, 0.15) is 0 Å². The molecule has 0 heterocycles. The van der Waals surface area contributed by atoms with E-state index in [0.717, 1.165) is 0 Å². The normalized spacial score (nSPS) is 31.7. The zero-order valence-electron chi connectivity index (χ0n) is 12.6. The van der Waals surface area contributed by atoms with E-state index in [4.69, 9.17) is 0 Å². The Hall–Kier alpha value is -1.04. The van der Waals surface area contributed by atoms with E-state index >= 15 is 0 Å². The molecule has 0 bridgehead atoms. The SMILES string of the molecule is CC1=C(C)C(C)C2=C1CC1=C(C2)C(C)C(C)=C1C. The minimum Gasteiger partial charge on any atom is -0.0632 e. The average Bonchev–Trinajstić information content (AvgIpc) is 2.71. The molecule has 0 saturated carbocycles. The second-order valence-electron chi connectivity index (χ2n) is 6.42. The molecule has 0 heteroatoms. The number of allylic oxidation sites excluding steroid dienone is 8. The van der Waals surface area contributed by atoms with E-state index in [9.17, 15) is 0 Å². The smallest absolute Gasteiger partial charge is 0.000911 e. The summed E-state index contributed by atoms with van der Waals surface area (Å²) in [6.45, 7) is 14.1. The first-order valence-corrected chi connectivity index (χ1v) is 7.22. The molecular weight excluding hydrogens is 216 g/mol. The molecule has 0 saturated heterocycles. The molecule has 0 spiro atoms. The monoisotopic (exact) mass is 240 g/mol. The average molecular weight is 240 g/mol. The minimum atomic E-state index is 0.683.